The van der Waals surface area contributed by atoms with Crippen molar-refractivity contribution < 1.29 is 9.53 Å². The molecule has 2 aromatic carbocycles. The lowest BCUT2D eigenvalue weighted by Gasteiger charge is -2.28. The van der Waals surface area contributed by atoms with Gasteiger partial charge in [-0.2, -0.15) is 0 Å². The number of hydrogen-bond donors (Lipinski definition) is 0. The van der Waals surface area contributed by atoms with Gasteiger partial charge in [0, 0.05) is 0 Å². The molecule has 0 aliphatic carbocycles. The van der Waals surface area contributed by atoms with Gasteiger partial charge in [-0.25, -0.2) is 4.79 Å². The number of halogens is 2. The Morgan fingerprint density at radius 1 is 1.08 bits per heavy atom. The van der Waals surface area contributed by atoms with Crippen LogP contribution in [0.4, 0.5) is 0 Å². The van der Waals surface area contributed by atoms with Gasteiger partial charge in [0.05, 0.1) is 15.4 Å². The largest absolute Gasteiger partial charge is 0.458 e. The third kappa shape index (κ3) is 3.06. The Labute approximate surface area is 150 Å². The minimum absolute atomic E-state index is 0.372. The van der Waals surface area contributed by atoms with E-state index in [1.54, 1.807) is 18.2 Å². The van der Waals surface area contributed by atoms with E-state index in [1.165, 1.54) is 0 Å². The van der Waals surface area contributed by atoms with Gasteiger partial charge in [-0.3, -0.25) is 4.99 Å². The molecule has 1 aliphatic rings. The Hall–Kier alpha value is -1.84. The van der Waals surface area contributed by atoms with Crippen molar-refractivity contribution in [3.63, 3.8) is 0 Å². The standard InChI is InChI=1S/C19H17Cl2NO2/c1-18(2,3)24-17(23)19(13-8-9-14(20)15(21)10-13)11-12-6-4-5-7-16(12)22-19/h4-11H,1-3H3. The van der Waals surface area contributed by atoms with Crippen LogP contribution in [-0.4, -0.2) is 11.6 Å². The van der Waals surface area contributed by atoms with E-state index in [4.69, 9.17) is 27.9 Å². The van der Waals surface area contributed by atoms with E-state index in [9.17, 15) is 4.79 Å². The predicted molar refractivity (Wildman–Crippen MR) is 95.7 cm³/mol. The smallest absolute Gasteiger partial charge is 0.343 e. The van der Waals surface area contributed by atoms with Gasteiger partial charge in [0.25, 0.3) is 0 Å². The van der Waals surface area contributed by atoms with Gasteiger partial charge in [0.1, 0.15) is 5.60 Å². The number of esters is 1. The molecule has 0 saturated heterocycles. The van der Waals surface area contributed by atoms with Crippen LogP contribution in [0, 0.1) is 0 Å². The Balaban J connectivity index is 2.21. The SMILES string of the molecule is CC(C)(C)OC(=O)C1(c2ccc(Cl)c(Cl)c2)C=c2ccccc2=N1. The van der Waals surface area contributed by atoms with Gasteiger partial charge < -0.3 is 4.74 Å². The predicted octanol–water partition coefficient (Wildman–Crippen LogP) is 3.64. The van der Waals surface area contributed by atoms with Gasteiger partial charge >= 0.3 is 5.97 Å². The average Bonchev–Trinajstić information content (AvgIpc) is 2.89. The second kappa shape index (κ2) is 5.91. The maximum atomic E-state index is 13.0. The highest BCUT2D eigenvalue weighted by atomic mass is 35.5. The molecule has 0 bridgehead atoms. The highest BCUT2D eigenvalue weighted by molar-refractivity contribution is 6.42. The monoisotopic (exact) mass is 361 g/mol. The fourth-order valence-corrected chi connectivity index (χ4v) is 2.92. The lowest BCUT2D eigenvalue weighted by atomic mass is 9.90. The first-order chi connectivity index (χ1) is 11.2. The molecule has 1 unspecified atom stereocenters. The van der Waals surface area contributed by atoms with Gasteiger partial charge in [0.15, 0.2) is 0 Å². The highest BCUT2D eigenvalue weighted by Gasteiger charge is 2.43. The van der Waals surface area contributed by atoms with Crippen LogP contribution in [0.5, 0.6) is 0 Å². The van der Waals surface area contributed by atoms with Crippen LogP contribution < -0.4 is 10.6 Å². The maximum Gasteiger partial charge on any atom is 0.343 e. The number of carbonyl (C=O) groups excluding carboxylic acids is 1. The van der Waals surface area contributed by atoms with Crippen LogP contribution in [0.2, 0.25) is 10.0 Å². The summed E-state index contributed by atoms with van der Waals surface area (Å²) in [7, 11) is 0. The number of para-hydroxylation sites is 1. The lowest BCUT2D eigenvalue weighted by Crippen LogP contribution is -2.38. The van der Waals surface area contributed by atoms with Gasteiger partial charge in [0.2, 0.25) is 5.54 Å². The summed E-state index contributed by atoms with van der Waals surface area (Å²) in [6.45, 7) is 5.49. The zero-order valence-corrected chi connectivity index (χ0v) is 15.2. The molecule has 1 aliphatic heterocycles. The Morgan fingerprint density at radius 2 is 1.79 bits per heavy atom. The number of nitrogens with zero attached hydrogens (tertiary/aromatic N) is 1. The summed E-state index contributed by atoms with van der Waals surface area (Å²) in [5, 5.41) is 2.43. The fraction of sp³-hybridized carbons (Fsp3) is 0.263. The number of hydrogen-bond acceptors (Lipinski definition) is 3. The zero-order chi connectivity index (χ0) is 17.5. The molecule has 0 spiro atoms. The Kier molecular flexibility index (Phi) is 4.18. The van der Waals surface area contributed by atoms with Crippen LogP contribution in [0.15, 0.2) is 47.5 Å². The first kappa shape index (κ1) is 17.0. The number of carbonyl (C=O) groups is 1. The first-order valence-electron chi connectivity index (χ1n) is 7.58. The molecule has 0 amide bonds. The van der Waals surface area contributed by atoms with Crippen LogP contribution in [0.3, 0.4) is 0 Å². The third-order valence-electron chi connectivity index (χ3n) is 3.67. The minimum Gasteiger partial charge on any atom is -0.458 e. The molecule has 3 rings (SSSR count). The molecule has 124 valence electrons. The summed E-state index contributed by atoms with van der Waals surface area (Å²) in [5.41, 5.74) is -1.26. The number of ether oxygens (including phenoxy) is 1. The third-order valence-corrected chi connectivity index (χ3v) is 4.41. The van der Waals surface area contributed by atoms with Crippen LogP contribution in [0.25, 0.3) is 6.08 Å². The summed E-state index contributed by atoms with van der Waals surface area (Å²) >= 11 is 12.2. The molecular weight excluding hydrogens is 345 g/mol. The van der Waals surface area contributed by atoms with Crippen molar-refractivity contribution in [3.8, 4) is 0 Å². The van der Waals surface area contributed by atoms with E-state index in [0.29, 0.717) is 15.6 Å². The van der Waals surface area contributed by atoms with E-state index in [0.717, 1.165) is 10.6 Å². The summed E-state index contributed by atoms with van der Waals surface area (Å²) in [6.07, 6.45) is 1.82. The molecule has 5 heteroatoms. The quantitative estimate of drug-likeness (QED) is 0.765. The summed E-state index contributed by atoms with van der Waals surface area (Å²) in [4.78, 5) is 17.7. The van der Waals surface area contributed by atoms with E-state index >= 15 is 0 Å². The average molecular weight is 362 g/mol. The second-order valence-corrected chi connectivity index (χ2v) is 7.53. The fourth-order valence-electron chi connectivity index (χ4n) is 2.62. The lowest BCUT2D eigenvalue weighted by molar-refractivity contribution is -0.159. The molecule has 2 aromatic rings. The molecular formula is C19H17Cl2NO2. The molecule has 1 heterocycles. The highest BCUT2D eigenvalue weighted by Crippen LogP contribution is 2.35. The normalized spacial score (nSPS) is 19.2. The zero-order valence-electron chi connectivity index (χ0n) is 13.6. The van der Waals surface area contributed by atoms with Crippen molar-refractivity contribution in [3.05, 3.63) is 68.6 Å². The van der Waals surface area contributed by atoms with Crippen molar-refractivity contribution in [2.24, 2.45) is 4.99 Å². The van der Waals surface area contributed by atoms with E-state index < -0.39 is 17.1 Å². The minimum atomic E-state index is -1.26. The summed E-state index contributed by atoms with van der Waals surface area (Å²) < 4.78 is 5.64. The van der Waals surface area contributed by atoms with Gasteiger partial charge in [-0.1, -0.05) is 47.5 Å². The van der Waals surface area contributed by atoms with Crippen LogP contribution in [0.1, 0.15) is 26.3 Å². The molecule has 0 saturated carbocycles. The molecule has 1 atom stereocenters. The molecule has 0 radical (unpaired) electrons. The van der Waals surface area contributed by atoms with Crippen LogP contribution in [-0.2, 0) is 15.1 Å². The van der Waals surface area contributed by atoms with Crippen LogP contribution >= 0.6 is 23.2 Å². The van der Waals surface area contributed by atoms with E-state index in [-0.39, 0.29) is 0 Å². The van der Waals surface area contributed by atoms with Crippen molar-refractivity contribution in [2.75, 3.05) is 0 Å². The molecule has 24 heavy (non-hydrogen) atoms. The van der Waals surface area contributed by atoms with Crippen molar-refractivity contribution in [1.29, 1.82) is 0 Å². The molecule has 0 aromatic heterocycles. The number of benzene rings is 2. The summed E-state index contributed by atoms with van der Waals surface area (Å²) in [5.74, 6) is -0.440. The van der Waals surface area contributed by atoms with Crippen molar-refractivity contribution >= 4 is 35.2 Å². The van der Waals surface area contributed by atoms with Crippen molar-refractivity contribution in [2.45, 2.75) is 31.9 Å². The number of rotatable bonds is 2. The molecule has 0 N–H and O–H groups in total. The Morgan fingerprint density at radius 3 is 2.42 bits per heavy atom. The molecule has 0 fully saturated rings. The topological polar surface area (TPSA) is 38.7 Å². The Bertz CT molecular complexity index is 894. The van der Waals surface area contributed by atoms with Gasteiger partial charge in [-0.05, 0) is 55.8 Å². The van der Waals surface area contributed by atoms with E-state index in [2.05, 4.69) is 4.99 Å². The van der Waals surface area contributed by atoms with Crippen molar-refractivity contribution in [1.82, 2.24) is 0 Å². The second-order valence-electron chi connectivity index (χ2n) is 6.71. The first-order valence-corrected chi connectivity index (χ1v) is 8.34. The van der Waals surface area contributed by atoms with E-state index in [1.807, 2.05) is 51.1 Å². The van der Waals surface area contributed by atoms with Gasteiger partial charge in [-0.15, -0.1) is 0 Å². The number of fused-ring (bicyclic) bond motifs is 1. The summed E-state index contributed by atoms with van der Waals surface area (Å²) in [6, 6.07) is 12.7. The molecule has 3 nitrogen and oxygen atoms in total. The maximum absolute atomic E-state index is 13.0.